The average Bonchev–Trinajstić information content (AvgIpc) is 2.63. The Balaban J connectivity index is 1.60. The van der Waals surface area contributed by atoms with Crippen LogP contribution in [0.4, 0.5) is 0 Å². The van der Waals surface area contributed by atoms with Crippen molar-refractivity contribution in [2.75, 3.05) is 31.2 Å². The predicted octanol–water partition coefficient (Wildman–Crippen LogP) is 3.42. The van der Waals surface area contributed by atoms with Crippen molar-refractivity contribution in [3.63, 3.8) is 0 Å². The summed E-state index contributed by atoms with van der Waals surface area (Å²) in [5.41, 5.74) is 0. The van der Waals surface area contributed by atoms with Crippen molar-refractivity contribution >= 4 is 33.7 Å². The molecule has 0 saturated heterocycles. The van der Waals surface area contributed by atoms with E-state index >= 15 is 0 Å². The summed E-state index contributed by atoms with van der Waals surface area (Å²) in [6, 6.07) is 8.34. The standard InChI is InChI=1S/C19H30BrN3O2S/c1-2-21-19(23-16-6-8-17(24)9-7-16)22-10-12-26-13-11-25-18-5-3-4-15(20)14-18/h3-5,14,16-17,24H,2,6-13H2,1H3,(H2,21,22,23). The molecular weight excluding hydrogens is 414 g/mol. The lowest BCUT2D eigenvalue weighted by Gasteiger charge is -2.27. The molecular formula is C19H30BrN3O2S. The minimum atomic E-state index is -0.122. The van der Waals surface area contributed by atoms with Gasteiger partial charge in [0.2, 0.25) is 0 Å². The molecule has 146 valence electrons. The molecule has 0 unspecified atom stereocenters. The highest BCUT2D eigenvalue weighted by molar-refractivity contribution is 9.10. The molecule has 1 fully saturated rings. The second kappa shape index (κ2) is 12.5. The Labute approximate surface area is 169 Å². The highest BCUT2D eigenvalue weighted by Gasteiger charge is 2.19. The first kappa shape index (κ1) is 21.4. The lowest BCUT2D eigenvalue weighted by Crippen LogP contribution is -2.45. The van der Waals surface area contributed by atoms with Gasteiger partial charge in [0.1, 0.15) is 5.75 Å². The number of aliphatic hydroxyl groups is 1. The predicted molar refractivity (Wildman–Crippen MR) is 114 cm³/mol. The maximum Gasteiger partial charge on any atom is 0.191 e. The molecule has 1 aliphatic rings. The van der Waals surface area contributed by atoms with E-state index in [1.54, 1.807) is 0 Å². The van der Waals surface area contributed by atoms with Crippen LogP contribution in [0.3, 0.4) is 0 Å². The summed E-state index contributed by atoms with van der Waals surface area (Å²) in [5.74, 6) is 3.71. The van der Waals surface area contributed by atoms with E-state index in [2.05, 4.69) is 38.5 Å². The summed E-state index contributed by atoms with van der Waals surface area (Å²) in [6.07, 6.45) is 3.65. The van der Waals surface area contributed by atoms with Crippen LogP contribution in [0.15, 0.2) is 33.7 Å². The number of hydrogen-bond acceptors (Lipinski definition) is 4. The summed E-state index contributed by atoms with van der Waals surface area (Å²) >= 11 is 5.30. The van der Waals surface area contributed by atoms with Crippen molar-refractivity contribution in [3.05, 3.63) is 28.7 Å². The fraction of sp³-hybridized carbons (Fsp3) is 0.632. The number of nitrogens with one attached hydrogen (secondary N) is 2. The maximum absolute atomic E-state index is 9.61. The SMILES string of the molecule is CCNC(=NCCSCCOc1cccc(Br)c1)NC1CCC(O)CC1. The van der Waals surface area contributed by atoms with E-state index < -0.39 is 0 Å². The van der Waals surface area contributed by atoms with E-state index in [1.807, 2.05) is 36.0 Å². The van der Waals surface area contributed by atoms with Gasteiger partial charge in [-0.1, -0.05) is 22.0 Å². The quantitative estimate of drug-likeness (QED) is 0.310. The van der Waals surface area contributed by atoms with Gasteiger partial charge in [0.15, 0.2) is 5.96 Å². The number of thioether (sulfide) groups is 1. The number of nitrogens with zero attached hydrogens (tertiary/aromatic N) is 1. The van der Waals surface area contributed by atoms with Crippen molar-refractivity contribution < 1.29 is 9.84 Å². The number of benzene rings is 1. The molecule has 1 saturated carbocycles. The lowest BCUT2D eigenvalue weighted by atomic mass is 9.93. The van der Waals surface area contributed by atoms with Gasteiger partial charge >= 0.3 is 0 Å². The number of halogens is 1. The second-order valence-corrected chi connectivity index (χ2v) is 8.47. The molecule has 0 aromatic heterocycles. The number of aliphatic hydroxyl groups excluding tert-OH is 1. The van der Waals surface area contributed by atoms with Gasteiger partial charge in [-0.05, 0) is 50.8 Å². The lowest BCUT2D eigenvalue weighted by molar-refractivity contribution is 0.120. The molecule has 0 spiro atoms. The topological polar surface area (TPSA) is 65.9 Å². The van der Waals surface area contributed by atoms with E-state index in [9.17, 15) is 5.11 Å². The Morgan fingerprint density at radius 3 is 2.85 bits per heavy atom. The Morgan fingerprint density at radius 1 is 1.31 bits per heavy atom. The smallest absolute Gasteiger partial charge is 0.191 e. The molecule has 1 aromatic carbocycles. The largest absolute Gasteiger partial charge is 0.493 e. The Morgan fingerprint density at radius 2 is 2.12 bits per heavy atom. The van der Waals surface area contributed by atoms with E-state index in [-0.39, 0.29) is 6.10 Å². The third-order valence-corrected chi connectivity index (χ3v) is 5.60. The van der Waals surface area contributed by atoms with Gasteiger partial charge in [0.05, 0.1) is 19.3 Å². The van der Waals surface area contributed by atoms with Crippen LogP contribution in [0, 0.1) is 0 Å². The van der Waals surface area contributed by atoms with Gasteiger partial charge in [-0.25, -0.2) is 0 Å². The number of rotatable bonds is 9. The zero-order chi connectivity index (χ0) is 18.6. The van der Waals surface area contributed by atoms with Crippen LogP contribution in [0.1, 0.15) is 32.6 Å². The summed E-state index contributed by atoms with van der Waals surface area (Å²) in [7, 11) is 0. The molecule has 26 heavy (non-hydrogen) atoms. The zero-order valence-corrected chi connectivity index (χ0v) is 17.8. The molecule has 7 heteroatoms. The van der Waals surface area contributed by atoms with Gasteiger partial charge in [-0.2, -0.15) is 11.8 Å². The fourth-order valence-corrected chi connectivity index (χ4v) is 3.84. The number of guanidine groups is 1. The first-order chi connectivity index (χ1) is 12.7. The third kappa shape index (κ3) is 8.64. The summed E-state index contributed by atoms with van der Waals surface area (Å²) < 4.78 is 6.77. The summed E-state index contributed by atoms with van der Waals surface area (Å²) in [4.78, 5) is 4.66. The normalized spacial score (nSPS) is 20.7. The number of aliphatic imine (C=N–C) groups is 1. The minimum absolute atomic E-state index is 0.122. The maximum atomic E-state index is 9.61. The van der Waals surface area contributed by atoms with Crippen molar-refractivity contribution in [1.29, 1.82) is 0 Å². The average molecular weight is 444 g/mol. The first-order valence-corrected chi connectivity index (χ1v) is 11.3. The van der Waals surface area contributed by atoms with Crippen molar-refractivity contribution in [2.45, 2.75) is 44.8 Å². The number of hydrogen-bond donors (Lipinski definition) is 3. The van der Waals surface area contributed by atoms with Crippen LogP contribution in [0.25, 0.3) is 0 Å². The minimum Gasteiger partial charge on any atom is -0.493 e. The Bertz CT molecular complexity index is 551. The van der Waals surface area contributed by atoms with Crippen molar-refractivity contribution in [1.82, 2.24) is 10.6 Å². The monoisotopic (exact) mass is 443 g/mol. The van der Waals surface area contributed by atoms with Crippen LogP contribution < -0.4 is 15.4 Å². The van der Waals surface area contributed by atoms with E-state index in [4.69, 9.17) is 4.74 Å². The van der Waals surface area contributed by atoms with E-state index in [1.165, 1.54) is 0 Å². The molecule has 1 aromatic rings. The van der Waals surface area contributed by atoms with Crippen LogP contribution in [0.5, 0.6) is 5.75 Å². The molecule has 3 N–H and O–H groups in total. The molecule has 0 amide bonds. The molecule has 2 rings (SSSR count). The number of ether oxygens (including phenoxy) is 1. The van der Waals surface area contributed by atoms with Gasteiger partial charge in [-0.15, -0.1) is 0 Å². The fourth-order valence-electron chi connectivity index (χ4n) is 2.83. The molecule has 1 aliphatic carbocycles. The zero-order valence-electron chi connectivity index (χ0n) is 15.4. The van der Waals surface area contributed by atoms with Crippen LogP contribution >= 0.6 is 27.7 Å². The van der Waals surface area contributed by atoms with Crippen LogP contribution in [-0.2, 0) is 0 Å². The highest BCUT2D eigenvalue weighted by Crippen LogP contribution is 2.19. The van der Waals surface area contributed by atoms with Crippen LogP contribution in [0.2, 0.25) is 0 Å². The first-order valence-electron chi connectivity index (χ1n) is 9.36. The van der Waals surface area contributed by atoms with Crippen molar-refractivity contribution in [3.8, 4) is 5.75 Å². The van der Waals surface area contributed by atoms with Gasteiger partial charge in [0.25, 0.3) is 0 Å². The van der Waals surface area contributed by atoms with Gasteiger partial charge in [-0.3, -0.25) is 4.99 Å². The van der Waals surface area contributed by atoms with Crippen molar-refractivity contribution in [2.24, 2.45) is 4.99 Å². The second-order valence-electron chi connectivity index (χ2n) is 6.33. The Kier molecular flexibility index (Phi) is 10.2. The molecule has 5 nitrogen and oxygen atoms in total. The van der Waals surface area contributed by atoms with Gasteiger partial charge in [0, 0.05) is 28.6 Å². The highest BCUT2D eigenvalue weighted by atomic mass is 79.9. The molecule has 0 atom stereocenters. The van der Waals surface area contributed by atoms with E-state index in [0.29, 0.717) is 12.6 Å². The Hall–Kier alpha value is -0.920. The molecule has 0 radical (unpaired) electrons. The molecule has 0 bridgehead atoms. The van der Waals surface area contributed by atoms with E-state index in [0.717, 1.165) is 66.5 Å². The van der Waals surface area contributed by atoms with Crippen LogP contribution in [-0.4, -0.2) is 54.4 Å². The summed E-state index contributed by atoms with van der Waals surface area (Å²) in [6.45, 7) is 4.42. The summed E-state index contributed by atoms with van der Waals surface area (Å²) in [5, 5.41) is 16.4. The third-order valence-electron chi connectivity index (χ3n) is 4.18. The molecule has 0 heterocycles. The molecule has 0 aliphatic heterocycles. The van der Waals surface area contributed by atoms with Gasteiger partial charge < -0.3 is 20.5 Å².